The number of benzene rings is 5. The van der Waals surface area contributed by atoms with E-state index in [9.17, 15) is 0 Å². The first-order valence-electron chi connectivity index (χ1n) is 13.5. The fraction of sp³-hybridized carbons (Fsp3) is 0. The zero-order valence-corrected chi connectivity index (χ0v) is 21.5. The molecule has 0 spiro atoms. The molecule has 0 bridgehead atoms. The van der Waals surface area contributed by atoms with Gasteiger partial charge in [-0.2, -0.15) is 0 Å². The van der Waals surface area contributed by atoms with Crippen molar-refractivity contribution >= 4 is 60.2 Å². The molecule has 0 aliphatic rings. The number of pyridine rings is 2. The lowest BCUT2D eigenvalue weighted by atomic mass is 10.0. The van der Waals surface area contributed by atoms with Gasteiger partial charge in [0.25, 0.3) is 0 Å². The van der Waals surface area contributed by atoms with Crippen LogP contribution >= 0.6 is 0 Å². The van der Waals surface area contributed by atoms with Gasteiger partial charge >= 0.3 is 0 Å². The monoisotopic (exact) mass is 510 g/mol. The number of para-hydroxylation sites is 3. The molecule has 4 heteroatoms. The lowest BCUT2D eigenvalue weighted by Crippen LogP contribution is -1.98. The quantitative estimate of drug-likeness (QED) is 0.218. The number of imidazole rings is 1. The molecule has 4 nitrogen and oxygen atoms in total. The summed E-state index contributed by atoms with van der Waals surface area (Å²) < 4.78 is 4.62. The Morgan fingerprint density at radius 2 is 1.15 bits per heavy atom. The van der Waals surface area contributed by atoms with Gasteiger partial charge in [0.05, 0.1) is 27.6 Å². The fourth-order valence-corrected chi connectivity index (χ4v) is 6.37. The van der Waals surface area contributed by atoms with Crippen molar-refractivity contribution in [3.63, 3.8) is 0 Å². The lowest BCUT2D eigenvalue weighted by molar-refractivity contribution is 1.08. The molecule has 0 saturated heterocycles. The minimum absolute atomic E-state index is 0.902. The molecule has 0 atom stereocenters. The zero-order chi connectivity index (χ0) is 26.2. The first-order valence-corrected chi connectivity index (χ1v) is 13.5. The molecule has 0 aliphatic heterocycles. The molecule has 0 aliphatic carbocycles. The molecule has 0 unspecified atom stereocenters. The Morgan fingerprint density at radius 3 is 2.02 bits per heavy atom. The van der Waals surface area contributed by atoms with Crippen LogP contribution in [0.15, 0.2) is 134 Å². The first kappa shape index (κ1) is 21.5. The molecule has 186 valence electrons. The van der Waals surface area contributed by atoms with E-state index in [-0.39, 0.29) is 0 Å². The smallest absolute Gasteiger partial charge is 0.146 e. The van der Waals surface area contributed by atoms with Crippen molar-refractivity contribution in [2.24, 2.45) is 0 Å². The molecular formula is C36H22N4. The zero-order valence-electron chi connectivity index (χ0n) is 21.5. The van der Waals surface area contributed by atoms with Crippen LogP contribution in [0.5, 0.6) is 0 Å². The molecule has 0 fully saturated rings. The number of rotatable bonds is 2. The van der Waals surface area contributed by atoms with Crippen LogP contribution in [-0.4, -0.2) is 18.9 Å². The Hall–Kier alpha value is -5.48. The summed E-state index contributed by atoms with van der Waals surface area (Å²) in [6, 6.07) is 45.1. The second-order valence-electron chi connectivity index (χ2n) is 10.3. The lowest BCUT2D eigenvalue weighted by Gasteiger charge is -2.12. The average molecular weight is 511 g/mol. The number of nitrogens with zero attached hydrogens (tertiary/aromatic N) is 4. The third kappa shape index (κ3) is 2.90. The molecule has 0 N–H and O–H groups in total. The van der Waals surface area contributed by atoms with Gasteiger partial charge in [-0.05, 0) is 59.0 Å². The first-order chi connectivity index (χ1) is 19.8. The van der Waals surface area contributed by atoms with Gasteiger partial charge in [0.15, 0.2) is 0 Å². The minimum Gasteiger partial charge on any atom is -0.294 e. The predicted molar refractivity (Wildman–Crippen MR) is 165 cm³/mol. The van der Waals surface area contributed by atoms with E-state index in [1.54, 1.807) is 0 Å². The molecule has 9 rings (SSSR count). The Kier molecular flexibility index (Phi) is 4.30. The van der Waals surface area contributed by atoms with Gasteiger partial charge < -0.3 is 0 Å². The van der Waals surface area contributed by atoms with Gasteiger partial charge in [0.2, 0.25) is 0 Å². The van der Waals surface area contributed by atoms with Gasteiger partial charge in [-0.15, -0.1) is 0 Å². The Balaban J connectivity index is 1.47. The van der Waals surface area contributed by atoms with E-state index >= 15 is 0 Å². The van der Waals surface area contributed by atoms with Crippen LogP contribution in [-0.2, 0) is 0 Å². The van der Waals surface area contributed by atoms with E-state index in [0.29, 0.717) is 0 Å². The summed E-state index contributed by atoms with van der Waals surface area (Å²) in [5, 5.41) is 6.01. The molecule has 5 aromatic carbocycles. The van der Waals surface area contributed by atoms with Crippen LogP contribution in [0.25, 0.3) is 77.1 Å². The molecule has 0 radical (unpaired) electrons. The highest BCUT2D eigenvalue weighted by molar-refractivity contribution is 6.20. The highest BCUT2D eigenvalue weighted by Crippen LogP contribution is 2.39. The number of hydrogen-bond acceptors (Lipinski definition) is 2. The molecule has 40 heavy (non-hydrogen) atoms. The van der Waals surface area contributed by atoms with Gasteiger partial charge in [-0.25, -0.2) is 9.97 Å². The van der Waals surface area contributed by atoms with Crippen LogP contribution in [0.4, 0.5) is 0 Å². The SMILES string of the molecule is c1ccc(-c2ccnc(-n3c4ccccc4c4cc5c6ccccc6c6nc7ccccc7n6c5cc43)c2)cc1. The third-order valence-electron chi connectivity index (χ3n) is 8.13. The predicted octanol–water partition coefficient (Wildman–Crippen LogP) is 8.95. The second-order valence-corrected chi connectivity index (χ2v) is 10.3. The Labute approximate surface area is 229 Å². The van der Waals surface area contributed by atoms with Crippen molar-refractivity contribution in [3.8, 4) is 16.9 Å². The molecule has 9 aromatic rings. The van der Waals surface area contributed by atoms with Crippen LogP contribution in [0.3, 0.4) is 0 Å². The fourth-order valence-electron chi connectivity index (χ4n) is 6.37. The molecule has 4 aromatic heterocycles. The van der Waals surface area contributed by atoms with Crippen molar-refractivity contribution in [2.75, 3.05) is 0 Å². The van der Waals surface area contributed by atoms with E-state index in [1.807, 2.05) is 12.3 Å². The summed E-state index contributed by atoms with van der Waals surface area (Å²) in [7, 11) is 0. The van der Waals surface area contributed by atoms with Crippen molar-refractivity contribution in [3.05, 3.63) is 134 Å². The summed E-state index contributed by atoms with van der Waals surface area (Å²) in [6.07, 6.45) is 1.91. The maximum absolute atomic E-state index is 5.09. The van der Waals surface area contributed by atoms with E-state index in [1.165, 1.54) is 27.1 Å². The van der Waals surface area contributed by atoms with E-state index in [0.717, 1.165) is 50.0 Å². The van der Waals surface area contributed by atoms with E-state index in [2.05, 4.69) is 130 Å². The number of hydrogen-bond donors (Lipinski definition) is 0. The van der Waals surface area contributed by atoms with Crippen molar-refractivity contribution in [1.29, 1.82) is 0 Å². The largest absolute Gasteiger partial charge is 0.294 e. The van der Waals surface area contributed by atoms with Gasteiger partial charge in [0, 0.05) is 27.7 Å². The Morgan fingerprint density at radius 1 is 0.450 bits per heavy atom. The van der Waals surface area contributed by atoms with Crippen molar-refractivity contribution < 1.29 is 0 Å². The summed E-state index contributed by atoms with van der Waals surface area (Å²) >= 11 is 0. The van der Waals surface area contributed by atoms with Crippen LogP contribution in [0, 0.1) is 0 Å². The van der Waals surface area contributed by atoms with Gasteiger partial charge in [-0.1, -0.05) is 84.9 Å². The van der Waals surface area contributed by atoms with Crippen molar-refractivity contribution in [2.45, 2.75) is 0 Å². The van der Waals surface area contributed by atoms with Crippen LogP contribution in [0.1, 0.15) is 0 Å². The maximum atomic E-state index is 5.09. The summed E-state index contributed by atoms with van der Waals surface area (Å²) in [6.45, 7) is 0. The standard InChI is InChI=1S/C36H22N4/c1-2-10-23(11-3-1)24-18-19-37-35(20-24)39-31-16-8-6-13-26(31)29-21-28-25-12-4-5-14-27(25)36-38-30-15-7-9-17-32(30)40(36)34(28)22-33(29)39/h1-22H. The molecule has 0 saturated carbocycles. The minimum atomic E-state index is 0.902. The summed E-state index contributed by atoms with van der Waals surface area (Å²) in [5.41, 5.74) is 8.82. The van der Waals surface area contributed by atoms with Gasteiger partial charge in [0.1, 0.15) is 11.5 Å². The number of aromatic nitrogens is 4. The topological polar surface area (TPSA) is 35.1 Å². The van der Waals surface area contributed by atoms with E-state index in [4.69, 9.17) is 9.97 Å². The molecule has 4 heterocycles. The average Bonchev–Trinajstić information content (AvgIpc) is 3.57. The van der Waals surface area contributed by atoms with Gasteiger partial charge in [-0.3, -0.25) is 8.97 Å². The normalized spacial score (nSPS) is 12.0. The molecular weight excluding hydrogens is 488 g/mol. The van der Waals surface area contributed by atoms with Crippen LogP contribution < -0.4 is 0 Å². The van der Waals surface area contributed by atoms with Crippen molar-refractivity contribution in [1.82, 2.24) is 18.9 Å². The number of fused-ring (bicyclic) bond motifs is 11. The highest BCUT2D eigenvalue weighted by Gasteiger charge is 2.19. The van der Waals surface area contributed by atoms with E-state index < -0.39 is 0 Å². The maximum Gasteiger partial charge on any atom is 0.146 e. The summed E-state index contributed by atoms with van der Waals surface area (Å²) in [5.74, 6) is 0.902. The molecule has 0 amide bonds. The second kappa shape index (κ2) is 8.01. The Bertz CT molecular complexity index is 2430. The van der Waals surface area contributed by atoms with Crippen LogP contribution in [0.2, 0.25) is 0 Å². The highest BCUT2D eigenvalue weighted by atomic mass is 15.1. The third-order valence-corrected chi connectivity index (χ3v) is 8.13. The summed E-state index contributed by atoms with van der Waals surface area (Å²) in [4.78, 5) is 9.97.